The minimum atomic E-state index is 0.605. The molecule has 0 unspecified atom stereocenters. The highest BCUT2D eigenvalue weighted by molar-refractivity contribution is 9.10. The summed E-state index contributed by atoms with van der Waals surface area (Å²) in [5.41, 5.74) is 0. The summed E-state index contributed by atoms with van der Waals surface area (Å²) >= 11 is 9.45. The first-order valence-electron chi connectivity index (χ1n) is 5.54. The molecule has 1 N–H and O–H groups in total. The third-order valence-corrected chi connectivity index (χ3v) is 3.56. The summed E-state index contributed by atoms with van der Waals surface area (Å²) in [5.74, 6) is 1.38. The van der Waals surface area contributed by atoms with Gasteiger partial charge in [-0.2, -0.15) is 0 Å². The molecular formula is C12H15BrClNO. The molecule has 1 aliphatic heterocycles. The molecule has 4 heteroatoms. The second-order valence-electron chi connectivity index (χ2n) is 4.10. The summed E-state index contributed by atoms with van der Waals surface area (Å²) in [5, 5.41) is 4.04. The molecule has 1 atom stereocenters. The van der Waals surface area contributed by atoms with E-state index in [1.54, 1.807) is 0 Å². The van der Waals surface area contributed by atoms with Crippen molar-refractivity contribution in [3.05, 3.63) is 27.7 Å². The van der Waals surface area contributed by atoms with Crippen molar-refractivity contribution in [3.63, 3.8) is 0 Å². The standard InChI is InChI=1S/C12H15BrClNO/c13-10-3-4-12(11(14)6-10)16-8-9-2-1-5-15-7-9/h3-4,6,9,15H,1-2,5,7-8H2/t9-/m1/s1. The van der Waals surface area contributed by atoms with Gasteiger partial charge in [0.1, 0.15) is 5.75 Å². The first-order chi connectivity index (χ1) is 7.75. The summed E-state index contributed by atoms with van der Waals surface area (Å²) in [6, 6.07) is 5.71. The van der Waals surface area contributed by atoms with Crippen molar-refractivity contribution in [2.45, 2.75) is 12.8 Å². The number of benzene rings is 1. The molecule has 1 heterocycles. The lowest BCUT2D eigenvalue weighted by molar-refractivity contribution is 0.218. The van der Waals surface area contributed by atoms with Crippen LogP contribution in [0.15, 0.2) is 22.7 Å². The Morgan fingerprint density at radius 3 is 3.06 bits per heavy atom. The van der Waals surface area contributed by atoms with E-state index in [9.17, 15) is 0 Å². The lowest BCUT2D eigenvalue weighted by Gasteiger charge is -2.23. The Morgan fingerprint density at radius 1 is 1.50 bits per heavy atom. The first kappa shape index (κ1) is 12.2. The van der Waals surface area contributed by atoms with Crippen LogP contribution >= 0.6 is 27.5 Å². The average molecular weight is 305 g/mol. The maximum Gasteiger partial charge on any atom is 0.137 e. The predicted molar refractivity (Wildman–Crippen MR) is 70.2 cm³/mol. The SMILES string of the molecule is Clc1cc(Br)ccc1OC[C@@H]1CCCNC1. The largest absolute Gasteiger partial charge is 0.492 e. The van der Waals surface area contributed by atoms with Crippen LogP contribution in [-0.4, -0.2) is 19.7 Å². The van der Waals surface area contributed by atoms with E-state index >= 15 is 0 Å². The molecule has 0 bridgehead atoms. The lowest BCUT2D eigenvalue weighted by atomic mass is 10.0. The summed E-state index contributed by atoms with van der Waals surface area (Å²) < 4.78 is 6.71. The number of halogens is 2. The molecular weight excluding hydrogens is 289 g/mol. The van der Waals surface area contributed by atoms with Crippen LogP contribution in [0, 0.1) is 5.92 Å². The summed E-state index contributed by atoms with van der Waals surface area (Å²) in [4.78, 5) is 0. The van der Waals surface area contributed by atoms with Crippen LogP contribution in [0.2, 0.25) is 5.02 Å². The highest BCUT2D eigenvalue weighted by Gasteiger charge is 2.14. The number of hydrogen-bond acceptors (Lipinski definition) is 2. The number of hydrogen-bond donors (Lipinski definition) is 1. The molecule has 1 aromatic rings. The zero-order valence-corrected chi connectivity index (χ0v) is 11.4. The predicted octanol–water partition coefficient (Wildman–Crippen LogP) is 3.48. The van der Waals surface area contributed by atoms with Crippen LogP contribution < -0.4 is 10.1 Å². The number of ether oxygens (including phenoxy) is 1. The first-order valence-corrected chi connectivity index (χ1v) is 6.71. The van der Waals surface area contributed by atoms with Gasteiger partial charge in [-0.25, -0.2) is 0 Å². The molecule has 16 heavy (non-hydrogen) atoms. The minimum absolute atomic E-state index is 0.605. The third-order valence-electron chi connectivity index (χ3n) is 2.77. The van der Waals surface area contributed by atoms with Gasteiger partial charge < -0.3 is 10.1 Å². The van der Waals surface area contributed by atoms with Crippen LogP contribution in [0.25, 0.3) is 0 Å². The van der Waals surface area contributed by atoms with E-state index in [1.165, 1.54) is 12.8 Å². The Bertz CT molecular complexity index is 353. The van der Waals surface area contributed by atoms with Gasteiger partial charge >= 0.3 is 0 Å². The van der Waals surface area contributed by atoms with Crippen LogP contribution in [-0.2, 0) is 0 Å². The van der Waals surface area contributed by atoms with Gasteiger partial charge in [-0.3, -0.25) is 0 Å². The van der Waals surface area contributed by atoms with Crippen molar-refractivity contribution in [3.8, 4) is 5.75 Å². The fourth-order valence-electron chi connectivity index (χ4n) is 1.87. The van der Waals surface area contributed by atoms with Crippen LogP contribution in [0.1, 0.15) is 12.8 Å². The Morgan fingerprint density at radius 2 is 2.38 bits per heavy atom. The van der Waals surface area contributed by atoms with E-state index in [1.807, 2.05) is 18.2 Å². The molecule has 1 aliphatic rings. The average Bonchev–Trinajstić information content (AvgIpc) is 2.29. The van der Waals surface area contributed by atoms with Gasteiger partial charge in [0.2, 0.25) is 0 Å². The topological polar surface area (TPSA) is 21.3 Å². The van der Waals surface area contributed by atoms with Gasteiger partial charge in [-0.05, 0) is 37.6 Å². The molecule has 2 nitrogen and oxygen atoms in total. The van der Waals surface area contributed by atoms with Crippen molar-refractivity contribution in [2.75, 3.05) is 19.7 Å². The van der Waals surface area contributed by atoms with E-state index in [-0.39, 0.29) is 0 Å². The molecule has 1 fully saturated rings. The zero-order chi connectivity index (χ0) is 11.4. The minimum Gasteiger partial charge on any atom is -0.492 e. The van der Waals surface area contributed by atoms with Crippen LogP contribution in [0.5, 0.6) is 5.75 Å². The molecule has 2 rings (SSSR count). The van der Waals surface area contributed by atoms with E-state index < -0.39 is 0 Å². The molecule has 0 saturated carbocycles. The van der Waals surface area contributed by atoms with E-state index in [2.05, 4.69) is 21.2 Å². The molecule has 0 spiro atoms. The van der Waals surface area contributed by atoms with Gasteiger partial charge in [-0.15, -0.1) is 0 Å². The zero-order valence-electron chi connectivity index (χ0n) is 9.01. The van der Waals surface area contributed by atoms with Gasteiger partial charge in [0.25, 0.3) is 0 Å². The van der Waals surface area contributed by atoms with E-state index in [0.29, 0.717) is 10.9 Å². The van der Waals surface area contributed by atoms with E-state index in [4.69, 9.17) is 16.3 Å². The number of piperidine rings is 1. The second kappa shape index (κ2) is 5.89. The molecule has 88 valence electrons. The quantitative estimate of drug-likeness (QED) is 0.923. The molecule has 0 amide bonds. The summed E-state index contributed by atoms with van der Waals surface area (Å²) in [6.45, 7) is 2.93. The maximum absolute atomic E-state index is 6.08. The highest BCUT2D eigenvalue weighted by Crippen LogP contribution is 2.28. The van der Waals surface area contributed by atoms with Crippen LogP contribution in [0.3, 0.4) is 0 Å². The molecule has 0 aromatic heterocycles. The lowest BCUT2D eigenvalue weighted by Crippen LogP contribution is -2.33. The normalized spacial score (nSPS) is 20.8. The Balaban J connectivity index is 1.88. The molecule has 1 saturated heterocycles. The smallest absolute Gasteiger partial charge is 0.137 e. The number of rotatable bonds is 3. The fraction of sp³-hybridized carbons (Fsp3) is 0.500. The van der Waals surface area contributed by atoms with Gasteiger partial charge in [0.15, 0.2) is 0 Å². The van der Waals surface area contributed by atoms with Crippen LogP contribution in [0.4, 0.5) is 0 Å². The molecule has 0 radical (unpaired) electrons. The Labute approximate surface area is 109 Å². The van der Waals surface area contributed by atoms with E-state index in [0.717, 1.165) is 29.9 Å². The van der Waals surface area contributed by atoms with Crippen molar-refractivity contribution >= 4 is 27.5 Å². The summed E-state index contributed by atoms with van der Waals surface area (Å²) in [6.07, 6.45) is 2.48. The molecule has 0 aliphatic carbocycles. The third kappa shape index (κ3) is 3.37. The highest BCUT2D eigenvalue weighted by atomic mass is 79.9. The number of nitrogens with one attached hydrogen (secondary N) is 1. The molecule has 1 aromatic carbocycles. The van der Waals surface area contributed by atoms with Crippen molar-refractivity contribution in [2.24, 2.45) is 5.92 Å². The summed E-state index contributed by atoms with van der Waals surface area (Å²) in [7, 11) is 0. The van der Waals surface area contributed by atoms with Gasteiger partial charge in [0, 0.05) is 16.9 Å². The van der Waals surface area contributed by atoms with Gasteiger partial charge in [-0.1, -0.05) is 27.5 Å². The van der Waals surface area contributed by atoms with Gasteiger partial charge in [0.05, 0.1) is 11.6 Å². The van der Waals surface area contributed by atoms with Crippen molar-refractivity contribution in [1.29, 1.82) is 0 Å². The Kier molecular flexibility index (Phi) is 4.50. The monoisotopic (exact) mass is 303 g/mol. The Hall–Kier alpha value is -0.250. The fourth-order valence-corrected chi connectivity index (χ4v) is 2.59. The van der Waals surface area contributed by atoms with Crippen molar-refractivity contribution in [1.82, 2.24) is 5.32 Å². The second-order valence-corrected chi connectivity index (χ2v) is 5.42. The van der Waals surface area contributed by atoms with Crippen molar-refractivity contribution < 1.29 is 4.74 Å². The maximum atomic E-state index is 6.08.